The van der Waals surface area contributed by atoms with E-state index in [-0.39, 0.29) is 11.9 Å². The third kappa shape index (κ3) is 3.23. The lowest BCUT2D eigenvalue weighted by Gasteiger charge is -2.24. The summed E-state index contributed by atoms with van der Waals surface area (Å²) in [6, 6.07) is 11.3. The molecule has 0 spiro atoms. The summed E-state index contributed by atoms with van der Waals surface area (Å²) in [7, 11) is 3.10. The third-order valence-electron chi connectivity index (χ3n) is 5.14. The summed E-state index contributed by atoms with van der Waals surface area (Å²) in [4.78, 5) is 16.4. The molecule has 0 aliphatic heterocycles. The number of amides is 1. The van der Waals surface area contributed by atoms with Crippen molar-refractivity contribution in [3.05, 3.63) is 58.2 Å². The Labute approximate surface area is 162 Å². The van der Waals surface area contributed by atoms with Crippen molar-refractivity contribution in [2.24, 2.45) is 0 Å². The first-order valence-electron chi connectivity index (χ1n) is 8.91. The number of aryl methyl sites for hydroxylation is 1. The third-order valence-corrected chi connectivity index (χ3v) is 5.38. The van der Waals surface area contributed by atoms with Crippen LogP contribution in [0, 0.1) is 0 Å². The fourth-order valence-electron chi connectivity index (χ4n) is 3.85. The number of aromatic nitrogens is 1. The first-order valence-corrected chi connectivity index (χ1v) is 9.29. The standard InChI is InChI=1S/C21H21ClN2O3/c1-26-18-4-3-5-19(27-2)20(18)21(25)23-13-7-9-16-15(11-13)14-8-6-12(22)10-17(14)24-16/h3-6,8,10,13,24H,7,9,11H2,1-2H3,(H,23,25). The van der Waals surface area contributed by atoms with Crippen LogP contribution in [0.2, 0.25) is 5.02 Å². The van der Waals surface area contributed by atoms with Crippen LogP contribution < -0.4 is 14.8 Å². The first-order chi connectivity index (χ1) is 13.1. The van der Waals surface area contributed by atoms with Gasteiger partial charge in [0, 0.05) is 27.7 Å². The molecule has 0 saturated heterocycles. The van der Waals surface area contributed by atoms with Gasteiger partial charge >= 0.3 is 0 Å². The maximum atomic E-state index is 12.9. The molecule has 1 heterocycles. The molecular weight excluding hydrogens is 364 g/mol. The molecule has 140 valence electrons. The van der Waals surface area contributed by atoms with Gasteiger partial charge in [-0.2, -0.15) is 0 Å². The molecule has 27 heavy (non-hydrogen) atoms. The predicted octanol–water partition coefficient (Wildman–Crippen LogP) is 4.13. The van der Waals surface area contributed by atoms with Crippen molar-refractivity contribution in [1.29, 1.82) is 0 Å². The van der Waals surface area contributed by atoms with Crippen LogP contribution in [0.5, 0.6) is 11.5 Å². The van der Waals surface area contributed by atoms with E-state index >= 15 is 0 Å². The number of carbonyl (C=O) groups excluding carboxylic acids is 1. The highest BCUT2D eigenvalue weighted by atomic mass is 35.5. The molecule has 2 aromatic carbocycles. The minimum atomic E-state index is -0.180. The molecule has 0 fully saturated rings. The number of fused-ring (bicyclic) bond motifs is 3. The average Bonchev–Trinajstić information content (AvgIpc) is 3.03. The lowest BCUT2D eigenvalue weighted by molar-refractivity contribution is 0.0927. The SMILES string of the molecule is COc1cccc(OC)c1C(=O)NC1CCc2[nH]c3cc(Cl)ccc3c2C1. The van der Waals surface area contributed by atoms with Gasteiger partial charge in [-0.05, 0) is 49.1 Å². The molecule has 2 N–H and O–H groups in total. The van der Waals surface area contributed by atoms with Crippen molar-refractivity contribution in [1.82, 2.24) is 10.3 Å². The number of benzene rings is 2. The van der Waals surface area contributed by atoms with Gasteiger partial charge in [0.1, 0.15) is 17.1 Å². The number of methoxy groups -OCH3 is 2. The van der Waals surface area contributed by atoms with E-state index in [0.29, 0.717) is 22.1 Å². The highest BCUT2D eigenvalue weighted by Gasteiger charge is 2.26. The Morgan fingerprint density at radius 1 is 1.19 bits per heavy atom. The Balaban J connectivity index is 1.59. The summed E-state index contributed by atoms with van der Waals surface area (Å²) < 4.78 is 10.7. The van der Waals surface area contributed by atoms with Gasteiger partial charge < -0.3 is 19.8 Å². The van der Waals surface area contributed by atoms with Gasteiger partial charge in [0.25, 0.3) is 5.91 Å². The highest BCUT2D eigenvalue weighted by molar-refractivity contribution is 6.31. The molecule has 1 aromatic heterocycles. The van der Waals surface area contributed by atoms with E-state index in [9.17, 15) is 4.79 Å². The van der Waals surface area contributed by atoms with Crippen LogP contribution in [0.1, 0.15) is 28.0 Å². The zero-order chi connectivity index (χ0) is 19.0. The molecule has 6 heteroatoms. The molecule has 3 aromatic rings. The summed E-state index contributed by atoms with van der Waals surface area (Å²) >= 11 is 6.10. The predicted molar refractivity (Wildman–Crippen MR) is 106 cm³/mol. The van der Waals surface area contributed by atoms with Crippen molar-refractivity contribution < 1.29 is 14.3 Å². The number of hydrogen-bond donors (Lipinski definition) is 2. The van der Waals surface area contributed by atoms with Gasteiger partial charge in [-0.25, -0.2) is 0 Å². The molecule has 0 saturated carbocycles. The van der Waals surface area contributed by atoms with Crippen LogP contribution in [0.15, 0.2) is 36.4 Å². The Hall–Kier alpha value is -2.66. The summed E-state index contributed by atoms with van der Waals surface area (Å²) in [6.07, 6.45) is 2.53. The Kier molecular flexibility index (Phi) is 4.70. The van der Waals surface area contributed by atoms with Crippen molar-refractivity contribution >= 4 is 28.4 Å². The maximum Gasteiger partial charge on any atom is 0.259 e. The number of H-pyrrole nitrogens is 1. The smallest absolute Gasteiger partial charge is 0.259 e. The van der Waals surface area contributed by atoms with Gasteiger partial charge in [-0.3, -0.25) is 4.79 Å². The molecule has 1 unspecified atom stereocenters. The number of ether oxygens (including phenoxy) is 2. The highest BCUT2D eigenvalue weighted by Crippen LogP contribution is 2.32. The molecule has 1 aliphatic carbocycles. The van der Waals surface area contributed by atoms with E-state index in [1.807, 2.05) is 18.2 Å². The number of aromatic amines is 1. The molecule has 1 amide bonds. The molecule has 4 rings (SSSR count). The number of rotatable bonds is 4. The van der Waals surface area contributed by atoms with Crippen LogP contribution >= 0.6 is 11.6 Å². The molecule has 5 nitrogen and oxygen atoms in total. The largest absolute Gasteiger partial charge is 0.496 e. The van der Waals surface area contributed by atoms with Crippen molar-refractivity contribution in [2.45, 2.75) is 25.3 Å². The fourth-order valence-corrected chi connectivity index (χ4v) is 4.03. The van der Waals surface area contributed by atoms with E-state index in [2.05, 4.69) is 10.3 Å². The van der Waals surface area contributed by atoms with Crippen molar-refractivity contribution in [2.75, 3.05) is 14.2 Å². The van der Waals surface area contributed by atoms with Gasteiger partial charge in [0.05, 0.1) is 14.2 Å². The molecule has 1 atom stereocenters. The average molecular weight is 385 g/mol. The lowest BCUT2D eigenvalue weighted by Crippen LogP contribution is -2.39. The van der Waals surface area contributed by atoms with Crippen LogP contribution in [-0.2, 0) is 12.8 Å². The van der Waals surface area contributed by atoms with E-state index in [0.717, 1.165) is 24.8 Å². The Bertz CT molecular complexity index is 990. The molecule has 1 aliphatic rings. The first kappa shape index (κ1) is 17.7. The topological polar surface area (TPSA) is 63.4 Å². The van der Waals surface area contributed by atoms with Gasteiger partial charge in [-0.15, -0.1) is 0 Å². The summed E-state index contributed by atoms with van der Waals surface area (Å²) in [5.74, 6) is 0.829. The second kappa shape index (κ2) is 7.16. The van der Waals surface area contributed by atoms with Gasteiger partial charge in [-0.1, -0.05) is 23.7 Å². The van der Waals surface area contributed by atoms with E-state index in [1.54, 1.807) is 32.4 Å². The summed E-state index contributed by atoms with van der Waals surface area (Å²) in [6.45, 7) is 0. The van der Waals surface area contributed by atoms with Crippen LogP contribution in [0.25, 0.3) is 10.9 Å². The minimum Gasteiger partial charge on any atom is -0.496 e. The number of nitrogens with one attached hydrogen (secondary N) is 2. The maximum absolute atomic E-state index is 12.9. The fraction of sp³-hybridized carbons (Fsp3) is 0.286. The van der Waals surface area contributed by atoms with Gasteiger partial charge in [0.2, 0.25) is 0 Å². The quantitative estimate of drug-likeness (QED) is 0.711. The summed E-state index contributed by atoms with van der Waals surface area (Å²) in [5, 5.41) is 5.04. The molecular formula is C21H21ClN2O3. The monoisotopic (exact) mass is 384 g/mol. The van der Waals surface area contributed by atoms with Crippen molar-refractivity contribution in [3.8, 4) is 11.5 Å². The number of carbonyl (C=O) groups is 1. The normalized spacial score (nSPS) is 16.0. The second-order valence-electron chi connectivity index (χ2n) is 6.72. The Morgan fingerprint density at radius 2 is 1.93 bits per heavy atom. The van der Waals surface area contributed by atoms with Crippen LogP contribution in [-0.4, -0.2) is 31.2 Å². The molecule has 0 bridgehead atoms. The molecule has 0 radical (unpaired) electrons. The number of halogens is 1. The second-order valence-corrected chi connectivity index (χ2v) is 7.16. The zero-order valence-electron chi connectivity index (χ0n) is 15.3. The lowest BCUT2D eigenvalue weighted by atomic mass is 9.91. The minimum absolute atomic E-state index is 0.0503. The Morgan fingerprint density at radius 3 is 2.63 bits per heavy atom. The summed E-state index contributed by atoms with van der Waals surface area (Å²) in [5.41, 5.74) is 3.96. The number of hydrogen-bond acceptors (Lipinski definition) is 3. The van der Waals surface area contributed by atoms with Crippen molar-refractivity contribution in [3.63, 3.8) is 0 Å². The van der Waals surface area contributed by atoms with E-state index in [1.165, 1.54) is 16.6 Å². The van der Waals surface area contributed by atoms with E-state index < -0.39 is 0 Å². The van der Waals surface area contributed by atoms with Gasteiger partial charge in [0.15, 0.2) is 0 Å². The van der Waals surface area contributed by atoms with E-state index in [4.69, 9.17) is 21.1 Å². The van der Waals surface area contributed by atoms with Crippen LogP contribution in [0.4, 0.5) is 0 Å². The van der Waals surface area contributed by atoms with Crippen LogP contribution in [0.3, 0.4) is 0 Å². The zero-order valence-corrected chi connectivity index (χ0v) is 16.0.